The molecule has 10 heteroatoms. The maximum atomic E-state index is 13.7. The minimum Gasteiger partial charge on any atom is -0.325 e. The van der Waals surface area contributed by atoms with E-state index in [4.69, 9.17) is 10.1 Å². The third-order valence-corrected chi connectivity index (χ3v) is 8.12. The topological polar surface area (TPSA) is 124 Å². The van der Waals surface area contributed by atoms with Gasteiger partial charge in [0.2, 0.25) is 15.9 Å². The van der Waals surface area contributed by atoms with Crippen molar-refractivity contribution in [3.8, 4) is 5.69 Å². The number of nitrogens with zero attached hydrogens (tertiary/aromatic N) is 2. The maximum absolute atomic E-state index is 13.7. The lowest BCUT2D eigenvalue weighted by Gasteiger charge is -2.14. The standard InChI is InChI=1S/C28H24N4O4S2/c1-17-7-8-21(13-18(17)2)30-26(33)16-37-28-31-25-15-20-6-4-3-5-19(20)14-24(25)27(34)32(28)22-9-11-23(12-10-22)38(29,35)36/h3-15H,16H2,1-2H3,(H,30,33)(H2,29,35,36). The van der Waals surface area contributed by atoms with Crippen LogP contribution in [0, 0.1) is 13.8 Å². The molecule has 38 heavy (non-hydrogen) atoms. The van der Waals surface area contributed by atoms with Crippen LogP contribution in [0.25, 0.3) is 27.4 Å². The second-order valence-electron chi connectivity index (χ2n) is 8.93. The SMILES string of the molecule is Cc1ccc(NC(=O)CSc2nc3cc4ccccc4cc3c(=O)n2-c2ccc(S(N)(=O)=O)cc2)cc1C. The van der Waals surface area contributed by atoms with Gasteiger partial charge in [-0.3, -0.25) is 14.2 Å². The molecule has 3 N–H and O–H groups in total. The number of benzene rings is 4. The van der Waals surface area contributed by atoms with Gasteiger partial charge in [0.15, 0.2) is 5.16 Å². The molecule has 0 radical (unpaired) electrons. The highest BCUT2D eigenvalue weighted by Crippen LogP contribution is 2.25. The molecule has 4 aromatic carbocycles. The summed E-state index contributed by atoms with van der Waals surface area (Å²) in [5, 5.41) is 10.7. The van der Waals surface area contributed by atoms with Gasteiger partial charge >= 0.3 is 0 Å². The van der Waals surface area contributed by atoms with Crippen molar-refractivity contribution in [1.29, 1.82) is 0 Å². The van der Waals surface area contributed by atoms with E-state index in [1.165, 1.54) is 28.8 Å². The highest BCUT2D eigenvalue weighted by Gasteiger charge is 2.17. The number of aryl methyl sites for hydroxylation is 2. The quantitative estimate of drug-likeness (QED) is 0.184. The van der Waals surface area contributed by atoms with Gasteiger partial charge in [0.05, 0.1) is 27.2 Å². The fourth-order valence-electron chi connectivity index (χ4n) is 4.11. The summed E-state index contributed by atoms with van der Waals surface area (Å²) in [6, 6.07) is 22.6. The molecule has 1 aromatic heterocycles. The van der Waals surface area contributed by atoms with Crippen LogP contribution in [0.2, 0.25) is 0 Å². The Labute approximate surface area is 223 Å². The number of thioether (sulfide) groups is 1. The van der Waals surface area contributed by atoms with Crippen molar-refractivity contribution >= 4 is 55.1 Å². The minimum absolute atomic E-state index is 0.00765. The van der Waals surface area contributed by atoms with Crippen molar-refractivity contribution in [2.75, 3.05) is 11.1 Å². The zero-order valence-corrected chi connectivity index (χ0v) is 22.3. The average molecular weight is 545 g/mol. The van der Waals surface area contributed by atoms with Gasteiger partial charge in [-0.1, -0.05) is 42.1 Å². The van der Waals surface area contributed by atoms with Crippen molar-refractivity contribution in [2.24, 2.45) is 5.14 Å². The Morgan fingerprint density at radius 3 is 2.29 bits per heavy atom. The number of nitrogens with two attached hydrogens (primary N) is 1. The molecular weight excluding hydrogens is 520 g/mol. The number of hydrogen-bond acceptors (Lipinski definition) is 6. The summed E-state index contributed by atoms with van der Waals surface area (Å²) in [5.74, 6) is -0.240. The van der Waals surface area contributed by atoms with Gasteiger partial charge in [-0.2, -0.15) is 0 Å². The van der Waals surface area contributed by atoms with Crippen LogP contribution in [0.15, 0.2) is 93.7 Å². The van der Waals surface area contributed by atoms with E-state index in [2.05, 4.69) is 5.32 Å². The van der Waals surface area contributed by atoms with Crippen molar-refractivity contribution in [3.63, 3.8) is 0 Å². The highest BCUT2D eigenvalue weighted by molar-refractivity contribution is 7.99. The number of primary sulfonamides is 1. The van der Waals surface area contributed by atoms with Crippen LogP contribution < -0.4 is 16.0 Å². The lowest BCUT2D eigenvalue weighted by molar-refractivity contribution is -0.113. The Kier molecular flexibility index (Phi) is 6.78. The smallest absolute Gasteiger partial charge is 0.266 e. The molecule has 0 bridgehead atoms. The fraction of sp³-hybridized carbons (Fsp3) is 0.107. The second kappa shape index (κ2) is 10.1. The first kappa shape index (κ1) is 25.7. The molecular formula is C28H24N4O4S2. The molecule has 1 heterocycles. The summed E-state index contributed by atoms with van der Waals surface area (Å²) in [5.41, 5.74) is 3.46. The summed E-state index contributed by atoms with van der Waals surface area (Å²) in [4.78, 5) is 31.2. The van der Waals surface area contributed by atoms with Gasteiger partial charge < -0.3 is 5.32 Å². The molecule has 0 unspecified atom stereocenters. The zero-order chi connectivity index (χ0) is 27.0. The van der Waals surface area contributed by atoms with Crippen LogP contribution in [0.1, 0.15) is 11.1 Å². The van der Waals surface area contributed by atoms with Crippen LogP contribution in [-0.4, -0.2) is 29.6 Å². The van der Waals surface area contributed by atoms with Crippen LogP contribution >= 0.6 is 11.8 Å². The maximum Gasteiger partial charge on any atom is 0.266 e. The Balaban J connectivity index is 1.56. The van der Waals surface area contributed by atoms with E-state index in [0.29, 0.717) is 27.4 Å². The Hall–Kier alpha value is -3.99. The molecule has 5 aromatic rings. The van der Waals surface area contributed by atoms with Gasteiger partial charge in [0, 0.05) is 5.69 Å². The number of anilines is 1. The Morgan fingerprint density at radius 2 is 1.63 bits per heavy atom. The van der Waals surface area contributed by atoms with E-state index in [1.54, 1.807) is 6.07 Å². The first-order valence-electron chi connectivity index (χ1n) is 11.7. The number of amides is 1. The number of fused-ring (bicyclic) bond motifs is 2. The highest BCUT2D eigenvalue weighted by atomic mass is 32.2. The van der Waals surface area contributed by atoms with E-state index in [-0.39, 0.29) is 22.1 Å². The average Bonchev–Trinajstić information content (AvgIpc) is 2.88. The van der Waals surface area contributed by atoms with E-state index in [1.807, 2.05) is 62.4 Å². The van der Waals surface area contributed by atoms with Crippen molar-refractivity contribution < 1.29 is 13.2 Å². The van der Waals surface area contributed by atoms with Crippen LogP contribution in [0.3, 0.4) is 0 Å². The van der Waals surface area contributed by atoms with Gasteiger partial charge in [0.1, 0.15) is 0 Å². The lowest BCUT2D eigenvalue weighted by Crippen LogP contribution is -2.23. The molecule has 0 aliphatic carbocycles. The van der Waals surface area contributed by atoms with Gasteiger partial charge in [-0.05, 0) is 84.3 Å². The summed E-state index contributed by atoms with van der Waals surface area (Å²) in [6.07, 6.45) is 0. The summed E-state index contributed by atoms with van der Waals surface area (Å²) >= 11 is 1.12. The normalized spacial score (nSPS) is 11.7. The predicted octanol–water partition coefficient (Wildman–Crippen LogP) is 4.53. The number of sulfonamides is 1. The van der Waals surface area contributed by atoms with E-state index < -0.39 is 10.0 Å². The molecule has 5 rings (SSSR count). The first-order chi connectivity index (χ1) is 18.1. The largest absolute Gasteiger partial charge is 0.325 e. The first-order valence-corrected chi connectivity index (χ1v) is 14.2. The van der Waals surface area contributed by atoms with Crippen molar-refractivity contribution in [1.82, 2.24) is 9.55 Å². The summed E-state index contributed by atoms with van der Waals surface area (Å²) < 4.78 is 24.8. The number of carbonyl (C=O) groups is 1. The number of rotatable bonds is 6. The van der Waals surface area contributed by atoms with Crippen LogP contribution in [-0.2, 0) is 14.8 Å². The molecule has 0 aliphatic rings. The Bertz CT molecular complexity index is 1880. The molecule has 0 aliphatic heterocycles. The van der Waals surface area contributed by atoms with Crippen molar-refractivity contribution in [3.05, 3.63) is 100 Å². The monoisotopic (exact) mass is 544 g/mol. The van der Waals surface area contributed by atoms with E-state index >= 15 is 0 Å². The number of aromatic nitrogens is 2. The summed E-state index contributed by atoms with van der Waals surface area (Å²) in [7, 11) is -3.90. The third-order valence-electron chi connectivity index (χ3n) is 6.25. The van der Waals surface area contributed by atoms with Gasteiger partial charge in [0.25, 0.3) is 5.56 Å². The van der Waals surface area contributed by atoms with Gasteiger partial charge in [-0.25, -0.2) is 18.5 Å². The predicted molar refractivity (Wildman–Crippen MR) is 151 cm³/mol. The molecule has 1 amide bonds. The molecule has 0 fully saturated rings. The lowest BCUT2D eigenvalue weighted by atomic mass is 10.1. The number of hydrogen-bond donors (Lipinski definition) is 2. The van der Waals surface area contributed by atoms with Gasteiger partial charge in [-0.15, -0.1) is 0 Å². The zero-order valence-electron chi connectivity index (χ0n) is 20.6. The van der Waals surface area contributed by atoms with Crippen LogP contribution in [0.4, 0.5) is 5.69 Å². The van der Waals surface area contributed by atoms with E-state index in [9.17, 15) is 18.0 Å². The third kappa shape index (κ3) is 5.19. The fourth-order valence-corrected chi connectivity index (χ4v) is 5.44. The molecule has 0 spiro atoms. The van der Waals surface area contributed by atoms with E-state index in [0.717, 1.165) is 33.7 Å². The molecule has 0 saturated heterocycles. The minimum atomic E-state index is -3.90. The Morgan fingerprint density at radius 1 is 0.947 bits per heavy atom. The summed E-state index contributed by atoms with van der Waals surface area (Å²) in [6.45, 7) is 3.97. The number of carbonyl (C=O) groups excluding carboxylic acids is 1. The second-order valence-corrected chi connectivity index (χ2v) is 11.4. The molecule has 0 saturated carbocycles. The van der Waals surface area contributed by atoms with Crippen molar-refractivity contribution in [2.45, 2.75) is 23.9 Å². The van der Waals surface area contributed by atoms with Crippen LogP contribution in [0.5, 0.6) is 0 Å². The molecule has 8 nitrogen and oxygen atoms in total. The molecule has 0 atom stereocenters. The number of nitrogens with one attached hydrogen (secondary N) is 1. The molecule has 192 valence electrons.